The monoisotopic (exact) mass is 518 g/mol. The van der Waals surface area contributed by atoms with Crippen molar-refractivity contribution in [2.24, 2.45) is 0 Å². The van der Waals surface area contributed by atoms with Gasteiger partial charge in [0.2, 0.25) is 0 Å². The molecule has 0 atom stereocenters. The maximum absolute atomic E-state index is 12.5. The minimum absolute atomic E-state index is 0.0502. The molecule has 38 heavy (non-hydrogen) atoms. The first-order chi connectivity index (χ1) is 18.5. The van der Waals surface area contributed by atoms with Gasteiger partial charge in [-0.1, -0.05) is 64.0 Å². The Kier molecular flexibility index (Phi) is 11.4. The second-order valence-corrected chi connectivity index (χ2v) is 8.95. The van der Waals surface area contributed by atoms with Crippen molar-refractivity contribution in [3.63, 3.8) is 0 Å². The highest BCUT2D eigenvalue weighted by Crippen LogP contribution is 2.21. The number of hydrogen-bond acceptors (Lipinski definition) is 6. The zero-order chi connectivity index (χ0) is 27.2. The van der Waals surface area contributed by atoms with Gasteiger partial charge in [-0.2, -0.15) is 0 Å². The number of carboxylic acids is 1. The third-order valence-corrected chi connectivity index (χ3v) is 5.98. The number of carbonyl (C=O) groups excluding carboxylic acids is 2. The van der Waals surface area contributed by atoms with Crippen LogP contribution in [0.25, 0.3) is 0 Å². The van der Waals surface area contributed by atoms with Crippen molar-refractivity contribution in [2.45, 2.75) is 58.3 Å². The summed E-state index contributed by atoms with van der Waals surface area (Å²) in [5.41, 5.74) is 0.442. The zero-order valence-corrected chi connectivity index (χ0v) is 21.7. The van der Waals surface area contributed by atoms with Crippen LogP contribution in [0.3, 0.4) is 0 Å². The van der Waals surface area contributed by atoms with Gasteiger partial charge in [0.25, 0.3) is 0 Å². The van der Waals surface area contributed by atoms with E-state index in [9.17, 15) is 19.5 Å². The molecule has 0 aliphatic carbocycles. The third-order valence-electron chi connectivity index (χ3n) is 5.98. The van der Waals surface area contributed by atoms with E-state index in [-0.39, 0.29) is 22.6 Å². The molecule has 3 aromatic carbocycles. The van der Waals surface area contributed by atoms with Crippen LogP contribution in [0.15, 0.2) is 72.8 Å². The van der Waals surface area contributed by atoms with Crippen molar-refractivity contribution in [3.8, 4) is 17.2 Å². The summed E-state index contributed by atoms with van der Waals surface area (Å²) in [4.78, 5) is 36.2. The Hall–Kier alpha value is -4.13. The van der Waals surface area contributed by atoms with Gasteiger partial charge in [0.15, 0.2) is 0 Å². The Balaban J connectivity index is 1.43. The Morgan fingerprint density at radius 3 is 1.76 bits per heavy atom. The van der Waals surface area contributed by atoms with Gasteiger partial charge in [-0.15, -0.1) is 0 Å². The molecule has 0 radical (unpaired) electrons. The van der Waals surface area contributed by atoms with E-state index >= 15 is 0 Å². The van der Waals surface area contributed by atoms with E-state index in [1.54, 1.807) is 36.4 Å². The summed E-state index contributed by atoms with van der Waals surface area (Å²) in [7, 11) is 0. The summed E-state index contributed by atoms with van der Waals surface area (Å²) in [6.07, 6.45) is 9.91. The summed E-state index contributed by atoms with van der Waals surface area (Å²) in [5, 5.41) is 9.23. The average Bonchev–Trinajstić information content (AvgIpc) is 2.93. The molecule has 7 nitrogen and oxygen atoms in total. The van der Waals surface area contributed by atoms with E-state index < -0.39 is 17.9 Å². The van der Waals surface area contributed by atoms with Gasteiger partial charge in [0.05, 0.1) is 17.7 Å². The summed E-state index contributed by atoms with van der Waals surface area (Å²) in [6.45, 7) is 2.87. The van der Waals surface area contributed by atoms with Crippen molar-refractivity contribution in [1.82, 2.24) is 0 Å². The van der Waals surface area contributed by atoms with Gasteiger partial charge in [0.1, 0.15) is 22.8 Å². The Bertz CT molecular complexity index is 1180. The lowest BCUT2D eigenvalue weighted by atomic mass is 10.1. The van der Waals surface area contributed by atoms with Crippen molar-refractivity contribution >= 4 is 17.9 Å². The van der Waals surface area contributed by atoms with Crippen molar-refractivity contribution < 1.29 is 33.7 Å². The maximum atomic E-state index is 12.5. The van der Waals surface area contributed by atoms with E-state index in [1.165, 1.54) is 74.9 Å². The number of unbranched alkanes of at least 4 members (excludes halogenated alkanes) is 7. The van der Waals surface area contributed by atoms with Crippen LogP contribution in [0, 0.1) is 0 Å². The quantitative estimate of drug-likeness (QED) is 0.128. The Labute approximate surface area is 223 Å². The number of hydrogen-bond donors (Lipinski definition) is 1. The van der Waals surface area contributed by atoms with Crippen LogP contribution in [0.4, 0.5) is 0 Å². The molecule has 0 aromatic heterocycles. The molecule has 0 spiro atoms. The molecule has 200 valence electrons. The van der Waals surface area contributed by atoms with E-state index in [4.69, 9.17) is 14.2 Å². The number of carbonyl (C=O) groups is 3. The normalized spacial score (nSPS) is 10.6. The Morgan fingerprint density at radius 1 is 0.632 bits per heavy atom. The fourth-order valence-corrected chi connectivity index (χ4v) is 3.83. The summed E-state index contributed by atoms with van der Waals surface area (Å²) in [5.74, 6) is -1.54. The molecule has 0 heterocycles. The van der Waals surface area contributed by atoms with E-state index in [2.05, 4.69) is 6.92 Å². The third kappa shape index (κ3) is 9.07. The molecule has 0 aliphatic rings. The van der Waals surface area contributed by atoms with Crippen LogP contribution >= 0.6 is 0 Å². The zero-order valence-electron chi connectivity index (χ0n) is 21.7. The molecule has 7 heteroatoms. The van der Waals surface area contributed by atoms with Gasteiger partial charge in [-0.25, -0.2) is 14.4 Å². The van der Waals surface area contributed by atoms with Crippen molar-refractivity contribution in [3.05, 3.63) is 89.5 Å². The van der Waals surface area contributed by atoms with Gasteiger partial charge >= 0.3 is 17.9 Å². The number of aromatic carboxylic acids is 1. The fourth-order valence-electron chi connectivity index (χ4n) is 3.83. The van der Waals surface area contributed by atoms with Crippen LogP contribution in [0.5, 0.6) is 17.2 Å². The van der Waals surface area contributed by atoms with Crippen LogP contribution in [-0.4, -0.2) is 29.6 Å². The molecule has 0 amide bonds. The van der Waals surface area contributed by atoms with Crippen LogP contribution < -0.4 is 14.2 Å². The lowest BCUT2D eigenvalue weighted by molar-refractivity contribution is 0.0679. The second-order valence-electron chi connectivity index (χ2n) is 8.95. The lowest BCUT2D eigenvalue weighted by Crippen LogP contribution is -2.12. The average molecular weight is 519 g/mol. The van der Waals surface area contributed by atoms with Crippen molar-refractivity contribution in [2.75, 3.05) is 6.61 Å². The number of esters is 2. The number of para-hydroxylation sites is 1. The number of carboxylic acid groups (broad SMARTS) is 1. The lowest BCUT2D eigenvalue weighted by Gasteiger charge is -2.09. The minimum atomic E-state index is -1.20. The number of ether oxygens (including phenoxy) is 3. The molecular formula is C31H34O7. The van der Waals surface area contributed by atoms with E-state index in [1.807, 2.05) is 0 Å². The van der Waals surface area contributed by atoms with Gasteiger partial charge in [0, 0.05) is 0 Å². The van der Waals surface area contributed by atoms with Gasteiger partial charge in [-0.3, -0.25) is 0 Å². The molecule has 0 saturated heterocycles. The predicted molar refractivity (Wildman–Crippen MR) is 144 cm³/mol. The van der Waals surface area contributed by atoms with Crippen molar-refractivity contribution in [1.29, 1.82) is 0 Å². The molecule has 0 bridgehead atoms. The molecule has 0 saturated carbocycles. The van der Waals surface area contributed by atoms with E-state index in [0.29, 0.717) is 17.9 Å². The predicted octanol–water partition coefficient (Wildman–Crippen LogP) is 7.34. The molecular weight excluding hydrogens is 484 g/mol. The van der Waals surface area contributed by atoms with E-state index in [0.717, 1.165) is 12.8 Å². The highest BCUT2D eigenvalue weighted by molar-refractivity contribution is 5.95. The number of rotatable bonds is 15. The van der Waals surface area contributed by atoms with Crippen LogP contribution in [0.2, 0.25) is 0 Å². The second kappa shape index (κ2) is 15.2. The highest BCUT2D eigenvalue weighted by Gasteiger charge is 2.16. The van der Waals surface area contributed by atoms with Gasteiger partial charge in [-0.05, 0) is 67.1 Å². The van der Waals surface area contributed by atoms with Crippen LogP contribution in [-0.2, 0) is 0 Å². The molecule has 3 rings (SSSR count). The maximum Gasteiger partial charge on any atom is 0.343 e. The van der Waals surface area contributed by atoms with Gasteiger partial charge < -0.3 is 19.3 Å². The SMILES string of the molecule is CCCCCCCCCCOc1ccc(C(=O)Oc2ccc(C(=O)Oc3ccccc3C(=O)O)cc2)cc1. The summed E-state index contributed by atoms with van der Waals surface area (Å²) in [6, 6.07) is 18.5. The first kappa shape index (κ1) is 28.4. The molecule has 3 aromatic rings. The smallest absolute Gasteiger partial charge is 0.343 e. The van der Waals surface area contributed by atoms with Crippen LogP contribution in [0.1, 0.15) is 89.4 Å². The standard InChI is InChI=1S/C31H34O7/c1-2-3-4-5-6-7-8-11-22-36-25-18-14-23(15-19-25)30(34)37-26-20-16-24(17-21-26)31(35)38-28-13-10-9-12-27(28)29(32)33/h9-10,12-21H,2-8,11,22H2,1H3,(H,32,33). The first-order valence-corrected chi connectivity index (χ1v) is 13.1. The Morgan fingerprint density at radius 2 is 1.16 bits per heavy atom. The molecule has 0 unspecified atom stereocenters. The topological polar surface area (TPSA) is 99.1 Å². The molecule has 1 N–H and O–H groups in total. The molecule has 0 aliphatic heterocycles. The number of benzene rings is 3. The minimum Gasteiger partial charge on any atom is -0.494 e. The summed E-state index contributed by atoms with van der Waals surface area (Å²) < 4.78 is 16.4. The highest BCUT2D eigenvalue weighted by atomic mass is 16.5. The molecule has 0 fully saturated rings. The summed E-state index contributed by atoms with van der Waals surface area (Å²) >= 11 is 0. The largest absolute Gasteiger partial charge is 0.494 e. The first-order valence-electron chi connectivity index (χ1n) is 13.1. The fraction of sp³-hybridized carbons (Fsp3) is 0.323.